The van der Waals surface area contributed by atoms with Crippen molar-refractivity contribution in [2.24, 2.45) is 5.10 Å². The van der Waals surface area contributed by atoms with E-state index in [-0.39, 0.29) is 19.2 Å². The maximum atomic E-state index is 12.3. The Hall–Kier alpha value is -3.75. The zero-order chi connectivity index (χ0) is 21.5. The van der Waals surface area contributed by atoms with Crippen LogP contribution in [0.15, 0.2) is 41.5 Å². The van der Waals surface area contributed by atoms with Crippen LogP contribution in [0, 0.1) is 0 Å². The lowest BCUT2D eigenvalue weighted by atomic mass is 9.95. The first-order valence-corrected chi connectivity index (χ1v) is 9.51. The molecule has 9 heteroatoms. The molecule has 0 radical (unpaired) electrons. The van der Waals surface area contributed by atoms with Gasteiger partial charge in [-0.2, -0.15) is 5.10 Å². The molecule has 0 bridgehead atoms. The van der Waals surface area contributed by atoms with Crippen molar-refractivity contribution in [3.05, 3.63) is 53.1 Å². The van der Waals surface area contributed by atoms with Gasteiger partial charge in [-0.25, -0.2) is 10.2 Å². The van der Waals surface area contributed by atoms with Crippen LogP contribution in [0.25, 0.3) is 0 Å². The highest BCUT2D eigenvalue weighted by molar-refractivity contribution is 6.14. The number of amides is 2. The first-order chi connectivity index (χ1) is 14.5. The average molecular weight is 412 g/mol. The molecule has 2 amide bonds. The molecule has 2 aromatic rings. The second-order valence-electron chi connectivity index (χ2n) is 6.53. The van der Waals surface area contributed by atoms with Gasteiger partial charge in [-0.1, -0.05) is 19.1 Å². The minimum Gasteiger partial charge on any atom is -0.465 e. The second kappa shape index (κ2) is 9.64. The molecule has 1 aliphatic rings. The van der Waals surface area contributed by atoms with Crippen molar-refractivity contribution in [2.45, 2.75) is 19.8 Å². The Bertz CT molecular complexity index is 957. The van der Waals surface area contributed by atoms with E-state index in [1.807, 2.05) is 6.92 Å². The fourth-order valence-corrected chi connectivity index (χ4v) is 2.86. The lowest BCUT2D eigenvalue weighted by Crippen LogP contribution is -2.30. The summed E-state index contributed by atoms with van der Waals surface area (Å²) in [4.78, 5) is 24.0. The summed E-state index contributed by atoms with van der Waals surface area (Å²) < 4.78 is 16.2. The molecular weight excluding hydrogens is 388 g/mol. The summed E-state index contributed by atoms with van der Waals surface area (Å²) in [6.45, 7) is 2.36. The highest BCUT2D eigenvalue weighted by Crippen LogP contribution is 2.36. The van der Waals surface area contributed by atoms with E-state index in [0.29, 0.717) is 46.2 Å². The third-order valence-corrected chi connectivity index (χ3v) is 4.34. The SMILES string of the molecule is CCCOC(=O)Cc1cc2c(cc1/C(=N\NC(=O)NC)c1ccc(N)cc1)OCO2. The first kappa shape index (κ1) is 21.0. The van der Waals surface area contributed by atoms with Crippen molar-refractivity contribution in [2.75, 3.05) is 26.2 Å². The molecular formula is C21H24N4O5. The maximum Gasteiger partial charge on any atom is 0.334 e. The largest absolute Gasteiger partial charge is 0.465 e. The fourth-order valence-electron chi connectivity index (χ4n) is 2.86. The molecule has 0 fully saturated rings. The lowest BCUT2D eigenvalue weighted by molar-refractivity contribution is -0.142. The van der Waals surface area contributed by atoms with E-state index in [0.717, 1.165) is 6.42 Å². The van der Waals surface area contributed by atoms with Crippen molar-refractivity contribution in [3.8, 4) is 11.5 Å². The van der Waals surface area contributed by atoms with Crippen LogP contribution >= 0.6 is 0 Å². The van der Waals surface area contributed by atoms with Gasteiger partial charge in [0.2, 0.25) is 6.79 Å². The maximum absolute atomic E-state index is 12.3. The summed E-state index contributed by atoms with van der Waals surface area (Å²) in [5, 5.41) is 6.73. The third kappa shape index (κ3) is 4.99. The minimum absolute atomic E-state index is 0.0138. The standard InChI is InChI=1S/C21H24N4O5/c1-3-8-28-19(26)10-14-9-17-18(30-12-29-17)11-16(14)20(24-25-21(27)23-2)13-4-6-15(22)7-5-13/h4-7,9,11H,3,8,10,12,22H2,1-2H3,(H2,23,25,27)/b24-20-. The molecule has 1 aliphatic heterocycles. The number of nitrogen functional groups attached to an aromatic ring is 1. The molecule has 2 aromatic carbocycles. The number of ether oxygens (including phenoxy) is 3. The van der Waals surface area contributed by atoms with Crippen LogP contribution in [-0.4, -0.2) is 38.2 Å². The Labute approximate surface area is 174 Å². The molecule has 0 saturated carbocycles. The number of fused-ring (bicyclic) bond motifs is 1. The van der Waals surface area contributed by atoms with E-state index >= 15 is 0 Å². The van der Waals surface area contributed by atoms with Gasteiger partial charge in [0, 0.05) is 23.9 Å². The number of nitrogens with zero attached hydrogens (tertiary/aromatic N) is 1. The number of nitrogens with one attached hydrogen (secondary N) is 2. The molecule has 0 unspecified atom stereocenters. The Morgan fingerprint density at radius 3 is 2.53 bits per heavy atom. The third-order valence-electron chi connectivity index (χ3n) is 4.34. The first-order valence-electron chi connectivity index (χ1n) is 9.51. The van der Waals surface area contributed by atoms with Crippen LogP contribution in [0.2, 0.25) is 0 Å². The van der Waals surface area contributed by atoms with E-state index in [1.54, 1.807) is 36.4 Å². The molecule has 9 nitrogen and oxygen atoms in total. The van der Waals surface area contributed by atoms with Crippen molar-refractivity contribution in [3.63, 3.8) is 0 Å². The highest BCUT2D eigenvalue weighted by Gasteiger charge is 2.23. The molecule has 1 heterocycles. The van der Waals surface area contributed by atoms with Crippen LogP contribution in [0.3, 0.4) is 0 Å². The summed E-state index contributed by atoms with van der Waals surface area (Å²) in [5.41, 5.74) is 11.2. The number of anilines is 1. The number of esters is 1. The second-order valence-corrected chi connectivity index (χ2v) is 6.53. The highest BCUT2D eigenvalue weighted by atomic mass is 16.7. The van der Waals surface area contributed by atoms with Gasteiger partial charge >= 0.3 is 12.0 Å². The van der Waals surface area contributed by atoms with Crippen LogP contribution in [0.4, 0.5) is 10.5 Å². The van der Waals surface area contributed by atoms with E-state index in [4.69, 9.17) is 19.9 Å². The number of benzene rings is 2. The summed E-state index contributed by atoms with van der Waals surface area (Å²) in [6.07, 6.45) is 0.744. The predicted octanol–water partition coefficient (Wildman–Crippen LogP) is 2.17. The average Bonchev–Trinajstić information content (AvgIpc) is 3.20. The van der Waals surface area contributed by atoms with Crippen LogP contribution in [0.5, 0.6) is 11.5 Å². The number of nitrogens with two attached hydrogens (primary N) is 1. The van der Waals surface area contributed by atoms with Crippen LogP contribution in [0.1, 0.15) is 30.0 Å². The quantitative estimate of drug-likeness (QED) is 0.277. The van der Waals surface area contributed by atoms with Gasteiger partial charge < -0.3 is 25.3 Å². The van der Waals surface area contributed by atoms with Crippen molar-refractivity contribution in [1.82, 2.24) is 10.7 Å². The van der Waals surface area contributed by atoms with E-state index in [1.165, 1.54) is 7.05 Å². The Kier molecular flexibility index (Phi) is 6.74. The number of hydrogen-bond donors (Lipinski definition) is 3. The number of carbonyl (C=O) groups is 2. The number of hydrazone groups is 1. The summed E-state index contributed by atoms with van der Waals surface area (Å²) in [6, 6.07) is 10.0. The van der Waals surface area contributed by atoms with Gasteiger partial charge in [-0.15, -0.1) is 0 Å². The molecule has 0 aliphatic carbocycles. The number of hydrogen-bond acceptors (Lipinski definition) is 7. The van der Waals surface area contributed by atoms with Gasteiger partial charge in [0.15, 0.2) is 11.5 Å². The molecule has 0 spiro atoms. The summed E-state index contributed by atoms with van der Waals surface area (Å²) in [5.74, 6) is 0.694. The van der Waals surface area contributed by atoms with Crippen molar-refractivity contribution >= 4 is 23.4 Å². The molecule has 0 atom stereocenters. The Morgan fingerprint density at radius 1 is 1.17 bits per heavy atom. The minimum atomic E-state index is -0.479. The topological polar surface area (TPSA) is 124 Å². The Balaban J connectivity index is 2.07. The summed E-state index contributed by atoms with van der Waals surface area (Å²) in [7, 11) is 1.49. The van der Waals surface area contributed by atoms with Crippen molar-refractivity contribution in [1.29, 1.82) is 0 Å². The van der Waals surface area contributed by atoms with Gasteiger partial charge in [-0.05, 0) is 36.2 Å². The fraction of sp³-hybridized carbons (Fsp3) is 0.286. The normalized spacial score (nSPS) is 12.4. The van der Waals surface area contributed by atoms with Gasteiger partial charge in [0.1, 0.15) is 0 Å². The van der Waals surface area contributed by atoms with E-state index in [2.05, 4.69) is 15.8 Å². The zero-order valence-corrected chi connectivity index (χ0v) is 16.9. The number of carbonyl (C=O) groups excluding carboxylic acids is 2. The van der Waals surface area contributed by atoms with Crippen molar-refractivity contribution < 1.29 is 23.8 Å². The van der Waals surface area contributed by atoms with Crippen LogP contribution < -0.4 is 25.9 Å². The molecule has 30 heavy (non-hydrogen) atoms. The lowest BCUT2D eigenvalue weighted by Gasteiger charge is -2.14. The van der Waals surface area contributed by atoms with Gasteiger partial charge in [0.05, 0.1) is 18.7 Å². The molecule has 4 N–H and O–H groups in total. The van der Waals surface area contributed by atoms with E-state index in [9.17, 15) is 9.59 Å². The predicted molar refractivity (Wildman–Crippen MR) is 112 cm³/mol. The number of urea groups is 1. The Morgan fingerprint density at radius 2 is 1.87 bits per heavy atom. The van der Waals surface area contributed by atoms with Gasteiger partial charge in [-0.3, -0.25) is 4.79 Å². The van der Waals surface area contributed by atoms with Crippen LogP contribution in [-0.2, 0) is 16.0 Å². The van der Waals surface area contributed by atoms with E-state index < -0.39 is 6.03 Å². The zero-order valence-electron chi connectivity index (χ0n) is 16.9. The molecule has 158 valence electrons. The molecule has 0 aromatic heterocycles. The van der Waals surface area contributed by atoms with Gasteiger partial charge in [0.25, 0.3) is 0 Å². The smallest absolute Gasteiger partial charge is 0.334 e. The molecule has 0 saturated heterocycles. The summed E-state index contributed by atoms with van der Waals surface area (Å²) >= 11 is 0. The number of rotatable bonds is 7. The molecule has 3 rings (SSSR count). The monoisotopic (exact) mass is 412 g/mol.